The zero-order valence-electron chi connectivity index (χ0n) is 11.7. The summed E-state index contributed by atoms with van der Waals surface area (Å²) in [6.07, 6.45) is -0.394. The van der Waals surface area contributed by atoms with E-state index in [9.17, 15) is 4.79 Å². The maximum atomic E-state index is 12.0. The number of methoxy groups -OCH3 is 1. The number of hydrogen-bond acceptors (Lipinski definition) is 4. The molecule has 0 aromatic heterocycles. The van der Waals surface area contributed by atoms with Gasteiger partial charge in [-0.1, -0.05) is 12.1 Å². The molecule has 2 rings (SSSR count). The van der Waals surface area contributed by atoms with E-state index in [2.05, 4.69) is 10.6 Å². The summed E-state index contributed by atoms with van der Waals surface area (Å²) in [5.41, 5.74) is 1.04. The summed E-state index contributed by atoms with van der Waals surface area (Å²) in [6.45, 7) is 3.91. The monoisotopic (exact) mass is 300 g/mol. The van der Waals surface area contributed by atoms with Crippen molar-refractivity contribution in [1.29, 1.82) is 0 Å². The topological polar surface area (TPSA) is 59.6 Å². The molecule has 6 heteroatoms. The number of rotatable bonds is 4. The van der Waals surface area contributed by atoms with Crippen molar-refractivity contribution in [2.45, 2.75) is 19.1 Å². The van der Waals surface area contributed by atoms with Crippen LogP contribution in [0.5, 0.6) is 5.75 Å². The van der Waals surface area contributed by atoms with Crippen molar-refractivity contribution in [2.24, 2.45) is 0 Å². The first-order chi connectivity index (χ1) is 9.20. The predicted molar refractivity (Wildman–Crippen MR) is 79.4 cm³/mol. The summed E-state index contributed by atoms with van der Waals surface area (Å²) < 4.78 is 10.5. The van der Waals surface area contributed by atoms with E-state index in [-0.39, 0.29) is 24.4 Å². The molecule has 0 spiro atoms. The third kappa shape index (κ3) is 4.37. The maximum absolute atomic E-state index is 12.0. The Kier molecular flexibility index (Phi) is 6.78. The lowest BCUT2D eigenvalue weighted by atomic mass is 10.1. The van der Waals surface area contributed by atoms with Crippen molar-refractivity contribution in [1.82, 2.24) is 10.6 Å². The van der Waals surface area contributed by atoms with E-state index in [1.807, 2.05) is 31.2 Å². The van der Waals surface area contributed by atoms with Crippen LogP contribution in [0.1, 0.15) is 18.5 Å². The number of carbonyl (C=O) groups is 1. The van der Waals surface area contributed by atoms with Gasteiger partial charge >= 0.3 is 0 Å². The van der Waals surface area contributed by atoms with E-state index in [4.69, 9.17) is 9.47 Å². The number of hydrogen-bond donors (Lipinski definition) is 2. The first kappa shape index (κ1) is 16.8. The molecule has 20 heavy (non-hydrogen) atoms. The number of carbonyl (C=O) groups excluding carboxylic acids is 1. The second-order valence-electron chi connectivity index (χ2n) is 4.57. The van der Waals surface area contributed by atoms with Gasteiger partial charge in [-0.3, -0.25) is 4.79 Å². The normalized spacial score (nSPS) is 19.6. The molecule has 0 saturated carbocycles. The highest BCUT2D eigenvalue weighted by molar-refractivity contribution is 5.85. The van der Waals surface area contributed by atoms with Gasteiger partial charge in [0.05, 0.1) is 19.8 Å². The van der Waals surface area contributed by atoms with Crippen LogP contribution in [-0.2, 0) is 9.53 Å². The number of benzene rings is 1. The van der Waals surface area contributed by atoms with Crippen molar-refractivity contribution >= 4 is 18.3 Å². The zero-order chi connectivity index (χ0) is 13.7. The van der Waals surface area contributed by atoms with Gasteiger partial charge in [0, 0.05) is 13.1 Å². The molecular weight excluding hydrogens is 280 g/mol. The lowest BCUT2D eigenvalue weighted by Gasteiger charge is -2.24. The Bertz CT molecular complexity index is 419. The molecule has 1 amide bonds. The van der Waals surface area contributed by atoms with Gasteiger partial charge in [-0.05, 0) is 24.6 Å². The predicted octanol–water partition coefficient (Wildman–Crippen LogP) is 1.28. The summed E-state index contributed by atoms with van der Waals surface area (Å²) in [4.78, 5) is 12.0. The van der Waals surface area contributed by atoms with Gasteiger partial charge in [0.1, 0.15) is 11.9 Å². The first-order valence-electron chi connectivity index (χ1n) is 6.47. The molecule has 0 radical (unpaired) electrons. The summed E-state index contributed by atoms with van der Waals surface area (Å²) in [6, 6.07) is 7.62. The Hall–Kier alpha value is -1.30. The fourth-order valence-corrected chi connectivity index (χ4v) is 2.02. The van der Waals surface area contributed by atoms with Crippen LogP contribution < -0.4 is 15.4 Å². The van der Waals surface area contributed by atoms with Crippen LogP contribution >= 0.6 is 12.4 Å². The molecule has 112 valence electrons. The molecule has 1 aromatic rings. The highest BCUT2D eigenvalue weighted by Gasteiger charge is 2.23. The minimum Gasteiger partial charge on any atom is -0.497 e. The first-order valence-corrected chi connectivity index (χ1v) is 6.47. The lowest BCUT2D eigenvalue weighted by molar-refractivity contribution is -0.134. The molecule has 1 aliphatic heterocycles. The maximum Gasteiger partial charge on any atom is 0.250 e. The van der Waals surface area contributed by atoms with Gasteiger partial charge in [-0.25, -0.2) is 0 Å². The van der Waals surface area contributed by atoms with E-state index in [1.165, 1.54) is 0 Å². The molecule has 2 atom stereocenters. The SMILES string of the molecule is COc1ccc(C(C)NC(=O)C2CNCCO2)cc1.Cl. The molecule has 1 aromatic carbocycles. The fraction of sp³-hybridized carbons (Fsp3) is 0.500. The minimum atomic E-state index is -0.394. The molecule has 2 unspecified atom stereocenters. The number of nitrogens with one attached hydrogen (secondary N) is 2. The summed E-state index contributed by atoms with van der Waals surface area (Å²) >= 11 is 0. The van der Waals surface area contributed by atoms with Crippen LogP contribution in [0, 0.1) is 0 Å². The Morgan fingerprint density at radius 3 is 2.70 bits per heavy atom. The average Bonchev–Trinajstić information content (AvgIpc) is 2.48. The third-order valence-corrected chi connectivity index (χ3v) is 3.19. The Morgan fingerprint density at radius 2 is 2.15 bits per heavy atom. The van der Waals surface area contributed by atoms with Crippen molar-refractivity contribution in [3.8, 4) is 5.75 Å². The minimum absolute atomic E-state index is 0. The molecule has 1 fully saturated rings. The van der Waals surface area contributed by atoms with Crippen LogP contribution in [0.3, 0.4) is 0 Å². The molecule has 5 nitrogen and oxygen atoms in total. The molecule has 2 N–H and O–H groups in total. The Labute approximate surface area is 125 Å². The Morgan fingerprint density at radius 1 is 1.45 bits per heavy atom. The fourth-order valence-electron chi connectivity index (χ4n) is 2.02. The van der Waals surface area contributed by atoms with E-state index in [0.29, 0.717) is 13.2 Å². The molecule has 1 saturated heterocycles. The average molecular weight is 301 g/mol. The largest absolute Gasteiger partial charge is 0.497 e. The van der Waals surface area contributed by atoms with Gasteiger partial charge in [0.2, 0.25) is 0 Å². The van der Waals surface area contributed by atoms with E-state index in [1.54, 1.807) is 7.11 Å². The van der Waals surface area contributed by atoms with Crippen molar-refractivity contribution in [2.75, 3.05) is 26.8 Å². The number of halogens is 1. The smallest absolute Gasteiger partial charge is 0.250 e. The lowest BCUT2D eigenvalue weighted by Crippen LogP contribution is -2.48. The second kappa shape index (κ2) is 8.09. The molecular formula is C14H21ClN2O3. The van der Waals surface area contributed by atoms with Gasteiger partial charge in [-0.2, -0.15) is 0 Å². The van der Waals surface area contributed by atoms with Crippen molar-refractivity contribution in [3.05, 3.63) is 29.8 Å². The van der Waals surface area contributed by atoms with E-state index >= 15 is 0 Å². The van der Waals surface area contributed by atoms with Crippen LogP contribution in [0.25, 0.3) is 0 Å². The second-order valence-corrected chi connectivity index (χ2v) is 4.57. The third-order valence-electron chi connectivity index (χ3n) is 3.19. The van der Waals surface area contributed by atoms with Crippen LogP contribution in [0.15, 0.2) is 24.3 Å². The van der Waals surface area contributed by atoms with Crippen molar-refractivity contribution < 1.29 is 14.3 Å². The van der Waals surface area contributed by atoms with E-state index < -0.39 is 6.10 Å². The molecule has 0 bridgehead atoms. The van der Waals surface area contributed by atoms with Gasteiger partial charge in [-0.15, -0.1) is 12.4 Å². The number of amides is 1. The van der Waals surface area contributed by atoms with Crippen LogP contribution in [0.4, 0.5) is 0 Å². The van der Waals surface area contributed by atoms with Gasteiger partial charge in [0.25, 0.3) is 5.91 Å². The molecule has 0 aliphatic carbocycles. The Balaban J connectivity index is 0.00000200. The van der Waals surface area contributed by atoms with Crippen molar-refractivity contribution in [3.63, 3.8) is 0 Å². The highest BCUT2D eigenvalue weighted by atomic mass is 35.5. The van der Waals surface area contributed by atoms with Crippen LogP contribution in [0.2, 0.25) is 0 Å². The summed E-state index contributed by atoms with van der Waals surface area (Å²) in [5, 5.41) is 6.10. The van der Waals surface area contributed by atoms with Gasteiger partial charge in [0.15, 0.2) is 0 Å². The summed E-state index contributed by atoms with van der Waals surface area (Å²) in [5.74, 6) is 0.734. The molecule has 1 heterocycles. The standard InChI is InChI=1S/C14H20N2O3.ClH/c1-10(11-3-5-12(18-2)6-4-11)16-14(17)13-9-15-7-8-19-13;/h3-6,10,13,15H,7-9H2,1-2H3,(H,16,17);1H. The number of morpholine rings is 1. The quantitative estimate of drug-likeness (QED) is 0.879. The van der Waals surface area contributed by atoms with Gasteiger partial charge < -0.3 is 20.1 Å². The van der Waals surface area contributed by atoms with E-state index in [0.717, 1.165) is 17.9 Å². The number of ether oxygens (including phenoxy) is 2. The summed E-state index contributed by atoms with van der Waals surface area (Å²) in [7, 11) is 1.63. The molecule has 1 aliphatic rings. The van der Waals surface area contributed by atoms with Crippen LogP contribution in [-0.4, -0.2) is 38.8 Å². The zero-order valence-corrected chi connectivity index (χ0v) is 12.5. The highest BCUT2D eigenvalue weighted by Crippen LogP contribution is 2.17.